The fourth-order valence-electron chi connectivity index (χ4n) is 3.06. The molecule has 0 spiro atoms. The average Bonchev–Trinajstić information content (AvgIpc) is 3.10. The Balaban J connectivity index is 1.87. The monoisotopic (exact) mass is 445 g/mol. The first kappa shape index (κ1) is 20.2. The number of rotatable bonds is 5. The quantitative estimate of drug-likeness (QED) is 0.465. The van der Waals surface area contributed by atoms with E-state index in [1.54, 1.807) is 6.07 Å². The summed E-state index contributed by atoms with van der Waals surface area (Å²) in [6, 6.07) is 13.3. The third kappa shape index (κ3) is 3.86. The number of aromatic nitrogens is 4. The van der Waals surface area contributed by atoms with Gasteiger partial charge < -0.3 is 0 Å². The van der Waals surface area contributed by atoms with Gasteiger partial charge >= 0.3 is 0 Å². The van der Waals surface area contributed by atoms with Crippen molar-refractivity contribution in [2.24, 2.45) is 0 Å². The van der Waals surface area contributed by atoms with E-state index >= 15 is 0 Å². The molecule has 7 nitrogen and oxygen atoms in total. The van der Waals surface area contributed by atoms with Crippen molar-refractivity contribution in [3.05, 3.63) is 82.4 Å². The normalized spacial score (nSPS) is 11.7. The highest BCUT2D eigenvalue weighted by atomic mass is 35.5. The summed E-state index contributed by atoms with van der Waals surface area (Å²) in [6.45, 7) is 3.48. The van der Waals surface area contributed by atoms with Gasteiger partial charge in [-0.2, -0.15) is 9.50 Å². The van der Waals surface area contributed by atoms with E-state index in [4.69, 9.17) is 11.6 Å². The van der Waals surface area contributed by atoms with Crippen LogP contribution in [0.1, 0.15) is 17.0 Å². The minimum atomic E-state index is -4.07. The van der Waals surface area contributed by atoms with Crippen molar-refractivity contribution in [1.82, 2.24) is 19.6 Å². The largest absolute Gasteiger partial charge is 0.267 e. The number of hydrogen-bond acceptors (Lipinski definition) is 5. The topological polar surface area (TPSA) is 80.5 Å². The molecule has 0 amide bonds. The van der Waals surface area contributed by atoms with Gasteiger partial charge in [-0.15, -0.1) is 5.10 Å². The maximum absolute atomic E-state index is 13.7. The summed E-state index contributed by atoms with van der Waals surface area (Å²) in [6.07, 6.45) is 0. The first-order valence-corrected chi connectivity index (χ1v) is 10.8. The third-order valence-corrected chi connectivity index (χ3v) is 6.44. The molecule has 2 heterocycles. The van der Waals surface area contributed by atoms with E-state index in [2.05, 4.69) is 15.1 Å². The van der Waals surface area contributed by atoms with Gasteiger partial charge in [-0.25, -0.2) is 22.1 Å². The van der Waals surface area contributed by atoms with Crippen LogP contribution in [-0.2, 0) is 16.6 Å². The summed E-state index contributed by atoms with van der Waals surface area (Å²) in [7, 11) is -4.07. The zero-order chi connectivity index (χ0) is 21.5. The molecule has 0 radical (unpaired) electrons. The molecule has 0 N–H and O–H groups in total. The number of anilines is 1. The van der Waals surface area contributed by atoms with Crippen molar-refractivity contribution in [1.29, 1.82) is 0 Å². The van der Waals surface area contributed by atoms with E-state index in [0.717, 1.165) is 15.7 Å². The van der Waals surface area contributed by atoms with Crippen LogP contribution in [0.4, 0.5) is 10.3 Å². The maximum atomic E-state index is 13.7. The highest BCUT2D eigenvalue weighted by Crippen LogP contribution is 2.25. The molecule has 0 saturated heterocycles. The Labute approximate surface area is 177 Å². The Kier molecular flexibility index (Phi) is 5.17. The fraction of sp³-hybridized carbons (Fsp3) is 0.150. The van der Waals surface area contributed by atoms with E-state index < -0.39 is 15.8 Å². The Bertz CT molecular complexity index is 1340. The second-order valence-electron chi connectivity index (χ2n) is 6.76. The number of nitrogens with zero attached hydrogens (tertiary/aromatic N) is 5. The van der Waals surface area contributed by atoms with Crippen LogP contribution in [0, 0.1) is 19.7 Å². The summed E-state index contributed by atoms with van der Waals surface area (Å²) >= 11 is 5.90. The van der Waals surface area contributed by atoms with Crippen molar-refractivity contribution in [2.75, 3.05) is 4.31 Å². The van der Waals surface area contributed by atoms with Crippen molar-refractivity contribution >= 4 is 33.4 Å². The lowest BCUT2D eigenvalue weighted by atomic mass is 10.2. The summed E-state index contributed by atoms with van der Waals surface area (Å²) in [4.78, 5) is 8.66. The van der Waals surface area contributed by atoms with E-state index in [0.29, 0.717) is 10.6 Å². The van der Waals surface area contributed by atoms with Crippen molar-refractivity contribution in [2.45, 2.75) is 25.3 Å². The highest BCUT2D eigenvalue weighted by Gasteiger charge is 2.29. The van der Waals surface area contributed by atoms with Crippen LogP contribution in [0.3, 0.4) is 0 Å². The van der Waals surface area contributed by atoms with Crippen molar-refractivity contribution < 1.29 is 12.8 Å². The Morgan fingerprint density at radius 3 is 2.50 bits per heavy atom. The average molecular weight is 446 g/mol. The van der Waals surface area contributed by atoms with Gasteiger partial charge in [0.2, 0.25) is 0 Å². The van der Waals surface area contributed by atoms with Gasteiger partial charge in [0.25, 0.3) is 21.7 Å². The fourth-order valence-corrected chi connectivity index (χ4v) is 4.53. The van der Waals surface area contributed by atoms with E-state index in [-0.39, 0.29) is 23.2 Å². The lowest BCUT2D eigenvalue weighted by molar-refractivity contribution is 0.588. The summed E-state index contributed by atoms with van der Waals surface area (Å²) in [5.41, 5.74) is 1.94. The Morgan fingerprint density at radius 2 is 1.80 bits per heavy atom. The van der Waals surface area contributed by atoms with Crippen LogP contribution in [0.5, 0.6) is 0 Å². The molecule has 30 heavy (non-hydrogen) atoms. The SMILES string of the molecule is Cc1cc(C)n2nc(N(Cc3cccc(F)c3)S(=O)(=O)c3ccc(Cl)cc3)nc2n1. The van der Waals surface area contributed by atoms with Crippen molar-refractivity contribution in [3.63, 3.8) is 0 Å². The summed E-state index contributed by atoms with van der Waals surface area (Å²) in [5.74, 6) is -0.249. The molecule has 10 heteroatoms. The number of fused-ring (bicyclic) bond motifs is 1. The summed E-state index contributed by atoms with van der Waals surface area (Å²) < 4.78 is 43.1. The van der Waals surface area contributed by atoms with E-state index in [9.17, 15) is 12.8 Å². The van der Waals surface area contributed by atoms with E-state index in [1.165, 1.54) is 47.0 Å². The van der Waals surface area contributed by atoms with Gasteiger partial charge in [-0.3, -0.25) is 0 Å². The molecule has 0 saturated carbocycles. The van der Waals surface area contributed by atoms with Crippen LogP contribution in [0.2, 0.25) is 5.02 Å². The smallest absolute Gasteiger partial charge is 0.228 e. The molecular weight excluding hydrogens is 429 g/mol. The van der Waals surface area contributed by atoms with Gasteiger partial charge in [0, 0.05) is 16.4 Å². The summed E-state index contributed by atoms with van der Waals surface area (Å²) in [5, 5.41) is 4.76. The van der Waals surface area contributed by atoms with Gasteiger partial charge in [0.15, 0.2) is 0 Å². The second-order valence-corrected chi connectivity index (χ2v) is 9.06. The molecule has 4 aromatic rings. The highest BCUT2D eigenvalue weighted by molar-refractivity contribution is 7.92. The van der Waals surface area contributed by atoms with Gasteiger partial charge in [0.05, 0.1) is 11.4 Å². The minimum Gasteiger partial charge on any atom is -0.228 e. The van der Waals surface area contributed by atoms with Gasteiger partial charge in [-0.1, -0.05) is 23.7 Å². The van der Waals surface area contributed by atoms with E-state index in [1.807, 2.05) is 19.9 Å². The van der Waals surface area contributed by atoms with Crippen LogP contribution in [0.25, 0.3) is 5.78 Å². The Morgan fingerprint density at radius 1 is 1.07 bits per heavy atom. The zero-order valence-corrected chi connectivity index (χ0v) is 17.7. The minimum absolute atomic E-state index is 0.0167. The molecule has 0 fully saturated rings. The number of hydrogen-bond donors (Lipinski definition) is 0. The second kappa shape index (κ2) is 7.66. The molecule has 0 bridgehead atoms. The molecule has 2 aromatic carbocycles. The van der Waals surface area contributed by atoms with Crippen molar-refractivity contribution in [3.8, 4) is 0 Å². The van der Waals surface area contributed by atoms with Gasteiger partial charge in [-0.05, 0) is 61.9 Å². The first-order chi connectivity index (χ1) is 14.2. The molecule has 4 rings (SSSR count). The number of benzene rings is 2. The molecule has 0 aliphatic heterocycles. The van der Waals surface area contributed by atoms with Crippen LogP contribution >= 0.6 is 11.6 Å². The predicted molar refractivity (Wildman–Crippen MR) is 111 cm³/mol. The predicted octanol–water partition coefficient (Wildman–Crippen LogP) is 3.93. The van der Waals surface area contributed by atoms with Crippen LogP contribution in [0.15, 0.2) is 59.5 Å². The molecule has 0 atom stereocenters. The number of halogens is 2. The first-order valence-electron chi connectivity index (χ1n) is 8.98. The maximum Gasteiger partial charge on any atom is 0.267 e. The third-order valence-electron chi connectivity index (χ3n) is 4.45. The molecule has 0 aliphatic carbocycles. The number of sulfonamides is 1. The molecule has 2 aromatic heterocycles. The molecule has 0 aliphatic rings. The zero-order valence-electron chi connectivity index (χ0n) is 16.1. The van der Waals surface area contributed by atoms with Gasteiger partial charge in [0.1, 0.15) is 5.82 Å². The molecule has 154 valence electrons. The van der Waals surface area contributed by atoms with Crippen LogP contribution < -0.4 is 4.31 Å². The van der Waals surface area contributed by atoms with Crippen LogP contribution in [-0.4, -0.2) is 28.0 Å². The Hall–Kier alpha value is -3.04. The molecular formula is C20H17ClFN5O2S. The standard InChI is InChI=1S/C20H17ClFN5O2S/c1-13-10-14(2)27-19(23-13)24-20(25-27)26(12-15-4-3-5-17(22)11-15)30(28,29)18-8-6-16(21)7-9-18/h3-11H,12H2,1-2H3. The lowest BCUT2D eigenvalue weighted by Gasteiger charge is -2.21. The number of aryl methyl sites for hydroxylation is 2. The molecule has 0 unspecified atom stereocenters. The lowest BCUT2D eigenvalue weighted by Crippen LogP contribution is -2.31.